The molecule has 2 aromatic heterocycles. The quantitative estimate of drug-likeness (QED) is 0.0665. The predicted octanol–water partition coefficient (Wildman–Crippen LogP) is 35.2. The molecular weight excluding hydrogens is 1570 g/mol. The van der Waals surface area contributed by atoms with Crippen molar-refractivity contribution in [1.82, 2.24) is 0 Å². The highest BCUT2D eigenvalue weighted by Gasteiger charge is 2.23. The number of hydrogen-bond acceptors (Lipinski definition) is 6. The lowest BCUT2D eigenvalue weighted by Crippen LogP contribution is -2.12. The Labute approximate surface area is 750 Å². The number of hydrogen-bond donors (Lipinski definition) is 0. The Hall–Kier alpha value is -16.0. The van der Waals surface area contributed by atoms with Gasteiger partial charge in [-0.1, -0.05) is 358 Å². The van der Waals surface area contributed by atoms with Gasteiger partial charge in [-0.2, -0.15) is 0 Å². The van der Waals surface area contributed by atoms with Crippen LogP contribution < -0.4 is 19.6 Å². The van der Waals surface area contributed by atoms with Crippen molar-refractivity contribution in [3.8, 4) is 66.8 Å². The number of rotatable bonds is 21. The Bertz CT molecular complexity index is 7160. The van der Waals surface area contributed by atoms with Gasteiger partial charge in [0.2, 0.25) is 0 Å². The Kier molecular flexibility index (Phi) is 22.1. The molecule has 0 radical (unpaired) electrons. The molecule has 0 fully saturated rings. The molecule has 0 saturated carbocycles. The van der Waals surface area contributed by atoms with E-state index in [9.17, 15) is 0 Å². The molecule has 0 N–H and O–H groups in total. The van der Waals surface area contributed by atoms with Gasteiger partial charge in [0.05, 0.1) is 0 Å². The average molecular weight is 1660 g/mol. The normalized spacial score (nSPS) is 11.2. The first kappa shape index (κ1) is 78.3. The van der Waals surface area contributed by atoms with Crippen molar-refractivity contribution in [2.75, 3.05) is 19.6 Å². The van der Waals surface area contributed by atoms with Crippen LogP contribution in [-0.2, 0) is 0 Å². The summed E-state index contributed by atoms with van der Waals surface area (Å²) in [5, 5.41) is 5.26. The van der Waals surface area contributed by atoms with Gasteiger partial charge in [-0.05, 0) is 241 Å². The van der Waals surface area contributed by atoms with Crippen LogP contribution >= 0.6 is 22.7 Å². The zero-order valence-electron chi connectivity index (χ0n) is 69.8. The largest absolute Gasteiger partial charge is 0.311 e. The molecule has 0 aliphatic rings. The first-order valence-corrected chi connectivity index (χ1v) is 44.9. The molecule has 20 aromatic carbocycles. The standard InChI is InChI=1S/C66H46N2S.C55H40N2S/c1-4-13-47(14-5-1)50-23-35-56(36-24-50)67(57-37-25-51(26-38-57)48-15-6-2-7-16-48)59-41-29-53(30-42-59)54-31-43-60(44-32-54)68(58-39-27-52(28-40-58)49-17-8-3-9-18-49)61-45-33-55(34-46-61)62-20-12-21-64-63-19-10-11-22-65(63)69-66(62)64;1-5-16-41(17-6-1)54(42-18-7-2-8-19-42)43-30-34-47(35-31-43)57(49-38-36-48(37-39-49)56(44-20-9-3-10-21-44)45-22-11-4-12-23-45)46-32-28-40(29-33-46)50-25-15-26-52-51-24-13-14-27-53(51)58-55(50)52/h1-46H;1-39,54H. The summed E-state index contributed by atoms with van der Waals surface area (Å²) in [6, 6.07) is 186. The molecule has 0 atom stereocenters. The number of para-hydroxylation sites is 2. The number of nitrogens with zero attached hydrogens (tertiary/aromatic N) is 4. The Morgan fingerprint density at radius 1 is 0.134 bits per heavy atom. The van der Waals surface area contributed by atoms with Gasteiger partial charge in [0.1, 0.15) is 0 Å². The molecule has 127 heavy (non-hydrogen) atoms. The second-order valence-corrected chi connectivity index (χ2v) is 34.0. The fourth-order valence-electron chi connectivity index (χ4n) is 17.8. The van der Waals surface area contributed by atoms with Crippen LogP contribution in [0.15, 0.2) is 516 Å². The third-order valence-corrected chi connectivity index (χ3v) is 26.5. The van der Waals surface area contributed by atoms with Crippen molar-refractivity contribution in [2.45, 2.75) is 5.92 Å². The molecule has 0 spiro atoms. The molecular formula is C121H86N4S2. The van der Waals surface area contributed by atoms with Crippen LogP contribution in [0.3, 0.4) is 0 Å². The van der Waals surface area contributed by atoms with Gasteiger partial charge in [0.25, 0.3) is 0 Å². The third-order valence-electron chi connectivity index (χ3n) is 24.1. The minimum Gasteiger partial charge on any atom is -0.311 e. The van der Waals surface area contributed by atoms with Crippen LogP contribution in [0, 0.1) is 0 Å². The molecule has 0 aliphatic carbocycles. The molecule has 6 heteroatoms. The summed E-state index contributed by atoms with van der Waals surface area (Å²) in [5.74, 6) is 0.127. The van der Waals surface area contributed by atoms with Gasteiger partial charge in [-0.3, -0.25) is 0 Å². The minimum absolute atomic E-state index is 0.127. The van der Waals surface area contributed by atoms with E-state index in [4.69, 9.17) is 0 Å². The van der Waals surface area contributed by atoms with Gasteiger partial charge >= 0.3 is 0 Å². The van der Waals surface area contributed by atoms with E-state index in [1.807, 2.05) is 22.7 Å². The highest BCUT2D eigenvalue weighted by Crippen LogP contribution is 2.48. The average Bonchev–Trinajstić information content (AvgIpc) is 1.69. The number of benzene rings is 20. The van der Waals surface area contributed by atoms with Crippen LogP contribution in [0.2, 0.25) is 0 Å². The Morgan fingerprint density at radius 3 is 0.598 bits per heavy atom. The number of fused-ring (bicyclic) bond motifs is 6. The van der Waals surface area contributed by atoms with Crippen LogP contribution in [0.4, 0.5) is 68.2 Å². The molecule has 602 valence electrons. The SMILES string of the molecule is c1ccc(-c2ccc(N(c3ccc(-c4ccccc4)cc3)c3ccc(-c4ccc(N(c5ccc(-c6ccccc6)cc5)c5ccc(-c6cccc7c6sc6ccccc67)cc5)cc4)cc3)cc2)cc1.c1ccc(C(c2ccccc2)c2ccc(N(c3ccc(-c4cccc5c4sc4ccccc45)cc3)c3ccc(N(c4ccccc4)c4ccccc4)cc3)cc2)cc1. The monoisotopic (exact) mass is 1660 g/mol. The fourth-order valence-corrected chi connectivity index (χ4v) is 20.3. The number of thiophene rings is 2. The fraction of sp³-hybridized carbons (Fsp3) is 0.00826. The van der Waals surface area contributed by atoms with Gasteiger partial charge < -0.3 is 19.6 Å². The Morgan fingerprint density at radius 2 is 0.323 bits per heavy atom. The smallest absolute Gasteiger partial charge is 0.0463 e. The van der Waals surface area contributed by atoms with Gasteiger partial charge in [-0.15, -0.1) is 22.7 Å². The van der Waals surface area contributed by atoms with E-state index in [1.54, 1.807) is 0 Å². The molecule has 22 aromatic rings. The van der Waals surface area contributed by atoms with Crippen molar-refractivity contribution in [2.24, 2.45) is 0 Å². The molecule has 22 rings (SSSR count). The summed E-state index contributed by atoms with van der Waals surface area (Å²) in [5.41, 5.74) is 31.4. The van der Waals surface area contributed by atoms with Gasteiger partial charge in [0, 0.05) is 115 Å². The van der Waals surface area contributed by atoms with E-state index >= 15 is 0 Å². The van der Waals surface area contributed by atoms with Crippen LogP contribution in [-0.4, -0.2) is 0 Å². The van der Waals surface area contributed by atoms with E-state index in [-0.39, 0.29) is 5.92 Å². The van der Waals surface area contributed by atoms with Crippen molar-refractivity contribution in [1.29, 1.82) is 0 Å². The molecule has 4 nitrogen and oxygen atoms in total. The highest BCUT2D eigenvalue weighted by atomic mass is 32.1. The summed E-state index contributed by atoms with van der Waals surface area (Å²) in [7, 11) is 0. The van der Waals surface area contributed by atoms with E-state index in [0.29, 0.717) is 0 Å². The van der Waals surface area contributed by atoms with Gasteiger partial charge in [0.15, 0.2) is 0 Å². The van der Waals surface area contributed by atoms with E-state index in [1.165, 1.54) is 113 Å². The van der Waals surface area contributed by atoms with E-state index in [2.05, 4.69) is 535 Å². The number of anilines is 12. The zero-order valence-corrected chi connectivity index (χ0v) is 71.4. The first-order chi connectivity index (χ1) is 63.0. The van der Waals surface area contributed by atoms with E-state index < -0.39 is 0 Å². The maximum Gasteiger partial charge on any atom is 0.0463 e. The predicted molar refractivity (Wildman–Crippen MR) is 544 cm³/mol. The second-order valence-electron chi connectivity index (χ2n) is 31.9. The second kappa shape index (κ2) is 35.8. The van der Waals surface area contributed by atoms with Crippen molar-refractivity contribution < 1.29 is 0 Å². The zero-order chi connectivity index (χ0) is 84.6. The van der Waals surface area contributed by atoms with E-state index in [0.717, 1.165) is 79.4 Å². The van der Waals surface area contributed by atoms with Crippen LogP contribution in [0.25, 0.3) is 107 Å². The topological polar surface area (TPSA) is 13.0 Å². The molecule has 0 amide bonds. The molecule has 0 aliphatic heterocycles. The van der Waals surface area contributed by atoms with Crippen molar-refractivity contribution >= 4 is 131 Å². The molecule has 2 heterocycles. The van der Waals surface area contributed by atoms with Crippen molar-refractivity contribution in [3.05, 3.63) is 532 Å². The first-order valence-electron chi connectivity index (χ1n) is 43.3. The van der Waals surface area contributed by atoms with Crippen LogP contribution in [0.5, 0.6) is 0 Å². The lowest BCUT2D eigenvalue weighted by Gasteiger charge is -2.29. The molecule has 0 unspecified atom stereocenters. The van der Waals surface area contributed by atoms with Crippen molar-refractivity contribution in [3.63, 3.8) is 0 Å². The summed E-state index contributed by atoms with van der Waals surface area (Å²) in [4.78, 5) is 9.37. The summed E-state index contributed by atoms with van der Waals surface area (Å²) in [6.45, 7) is 0. The summed E-state index contributed by atoms with van der Waals surface area (Å²) >= 11 is 3.75. The highest BCUT2D eigenvalue weighted by molar-refractivity contribution is 7.26. The maximum atomic E-state index is 2.37. The maximum absolute atomic E-state index is 2.37. The lowest BCUT2D eigenvalue weighted by molar-refractivity contribution is 0.977. The van der Waals surface area contributed by atoms with Crippen LogP contribution in [0.1, 0.15) is 22.6 Å². The third kappa shape index (κ3) is 16.4. The summed E-state index contributed by atoms with van der Waals surface area (Å²) < 4.78 is 5.29. The lowest BCUT2D eigenvalue weighted by atomic mass is 9.85. The molecule has 0 bridgehead atoms. The summed E-state index contributed by atoms with van der Waals surface area (Å²) in [6.07, 6.45) is 0. The van der Waals surface area contributed by atoms with Gasteiger partial charge in [-0.25, -0.2) is 0 Å². The minimum atomic E-state index is 0.127. The molecule has 0 saturated heterocycles. The Balaban J connectivity index is 0.000000157.